The van der Waals surface area contributed by atoms with Gasteiger partial charge in [-0.3, -0.25) is 4.79 Å². The molecule has 1 aromatic carbocycles. The molecule has 1 fully saturated rings. The highest BCUT2D eigenvalue weighted by atomic mass is 32.2. The zero-order valence-electron chi connectivity index (χ0n) is 11.1. The van der Waals surface area contributed by atoms with Crippen LogP contribution in [0.25, 0.3) is 0 Å². The highest BCUT2D eigenvalue weighted by Crippen LogP contribution is 2.25. The molecule has 19 heavy (non-hydrogen) atoms. The summed E-state index contributed by atoms with van der Waals surface area (Å²) >= 11 is 6.84. The Morgan fingerprint density at radius 1 is 1.21 bits per heavy atom. The maximum Gasteiger partial charge on any atom is 0.253 e. The second-order valence-corrected chi connectivity index (χ2v) is 7.23. The standard InChI is InChI=1S/C14H18N2OS2/c1-9-7-16(8-10(2)19-9)14(17)12-5-3-11(4-6-12)13(15)18/h3-6,9-10H,7-8H2,1-2H3,(H2,15,18). The van der Waals surface area contributed by atoms with E-state index in [-0.39, 0.29) is 5.91 Å². The molecule has 2 rings (SSSR count). The molecule has 2 unspecified atom stereocenters. The predicted molar refractivity (Wildman–Crippen MR) is 84.7 cm³/mol. The summed E-state index contributed by atoms with van der Waals surface area (Å²) in [6.45, 7) is 5.95. The number of hydrogen-bond donors (Lipinski definition) is 1. The van der Waals surface area contributed by atoms with Crippen molar-refractivity contribution in [3.8, 4) is 0 Å². The van der Waals surface area contributed by atoms with Crippen LogP contribution in [0.3, 0.4) is 0 Å². The van der Waals surface area contributed by atoms with Crippen LogP contribution in [0.15, 0.2) is 24.3 Å². The van der Waals surface area contributed by atoms with Gasteiger partial charge in [-0.1, -0.05) is 38.2 Å². The van der Waals surface area contributed by atoms with E-state index in [4.69, 9.17) is 18.0 Å². The quantitative estimate of drug-likeness (QED) is 0.850. The van der Waals surface area contributed by atoms with Gasteiger partial charge in [0, 0.05) is 34.7 Å². The summed E-state index contributed by atoms with van der Waals surface area (Å²) in [7, 11) is 0. The van der Waals surface area contributed by atoms with Crippen LogP contribution in [-0.2, 0) is 0 Å². The molecule has 1 aliphatic heterocycles. The molecule has 0 saturated carbocycles. The summed E-state index contributed by atoms with van der Waals surface area (Å²) < 4.78 is 0. The molecule has 1 heterocycles. The van der Waals surface area contributed by atoms with Gasteiger partial charge in [0.05, 0.1) is 0 Å². The second kappa shape index (κ2) is 5.92. The number of benzene rings is 1. The van der Waals surface area contributed by atoms with Crippen molar-refractivity contribution in [2.75, 3.05) is 13.1 Å². The van der Waals surface area contributed by atoms with Gasteiger partial charge < -0.3 is 10.6 Å². The summed E-state index contributed by atoms with van der Waals surface area (Å²) in [4.78, 5) is 14.7. The molecule has 0 bridgehead atoms. The number of thiocarbonyl (C=S) groups is 1. The molecule has 2 atom stereocenters. The van der Waals surface area contributed by atoms with E-state index in [2.05, 4.69) is 13.8 Å². The molecule has 3 nitrogen and oxygen atoms in total. The minimum absolute atomic E-state index is 0.0912. The first-order chi connectivity index (χ1) is 8.97. The first-order valence-corrected chi connectivity index (χ1v) is 7.67. The Balaban J connectivity index is 2.12. The van der Waals surface area contributed by atoms with Gasteiger partial charge in [0.1, 0.15) is 4.99 Å². The van der Waals surface area contributed by atoms with Crippen molar-refractivity contribution in [2.24, 2.45) is 5.73 Å². The zero-order chi connectivity index (χ0) is 14.0. The van der Waals surface area contributed by atoms with E-state index < -0.39 is 0 Å². The van der Waals surface area contributed by atoms with E-state index >= 15 is 0 Å². The maximum atomic E-state index is 12.4. The van der Waals surface area contributed by atoms with Gasteiger partial charge in [-0.25, -0.2) is 0 Å². The van der Waals surface area contributed by atoms with Gasteiger partial charge in [0.2, 0.25) is 0 Å². The van der Waals surface area contributed by atoms with Crippen molar-refractivity contribution in [2.45, 2.75) is 24.3 Å². The summed E-state index contributed by atoms with van der Waals surface area (Å²) in [5.74, 6) is 0.0912. The Morgan fingerprint density at radius 3 is 2.16 bits per heavy atom. The fourth-order valence-corrected chi connectivity index (χ4v) is 3.76. The van der Waals surface area contributed by atoms with Gasteiger partial charge in [-0.2, -0.15) is 11.8 Å². The van der Waals surface area contributed by atoms with Crippen LogP contribution in [0.1, 0.15) is 29.8 Å². The average molecular weight is 294 g/mol. The molecule has 5 heteroatoms. The van der Waals surface area contributed by atoms with E-state index in [0.717, 1.165) is 18.7 Å². The number of nitrogens with two attached hydrogens (primary N) is 1. The molecular weight excluding hydrogens is 276 g/mol. The van der Waals surface area contributed by atoms with Crippen molar-refractivity contribution in [1.29, 1.82) is 0 Å². The van der Waals surface area contributed by atoms with Crippen LogP contribution in [0.5, 0.6) is 0 Å². The zero-order valence-corrected chi connectivity index (χ0v) is 12.8. The number of carbonyl (C=O) groups is 1. The van der Waals surface area contributed by atoms with Crippen LogP contribution in [0.2, 0.25) is 0 Å². The van der Waals surface area contributed by atoms with E-state index in [1.165, 1.54) is 0 Å². The Morgan fingerprint density at radius 2 is 1.68 bits per heavy atom. The van der Waals surface area contributed by atoms with E-state index in [1.54, 1.807) is 24.3 Å². The molecule has 1 aromatic rings. The number of hydrogen-bond acceptors (Lipinski definition) is 3. The third kappa shape index (κ3) is 3.48. The van der Waals surface area contributed by atoms with Crippen LogP contribution >= 0.6 is 24.0 Å². The minimum atomic E-state index is 0.0912. The summed E-state index contributed by atoms with van der Waals surface area (Å²) in [6, 6.07) is 7.21. The van der Waals surface area contributed by atoms with Crippen molar-refractivity contribution in [3.63, 3.8) is 0 Å². The van der Waals surface area contributed by atoms with E-state index in [9.17, 15) is 4.79 Å². The third-order valence-electron chi connectivity index (χ3n) is 3.12. The first-order valence-electron chi connectivity index (χ1n) is 6.32. The molecule has 0 spiro atoms. The number of amides is 1. The lowest BCUT2D eigenvalue weighted by Crippen LogP contribution is -2.44. The molecule has 1 amide bonds. The van der Waals surface area contributed by atoms with Crippen LogP contribution < -0.4 is 5.73 Å². The van der Waals surface area contributed by atoms with Crippen LogP contribution in [-0.4, -0.2) is 39.4 Å². The Hall–Kier alpha value is -1.07. The highest BCUT2D eigenvalue weighted by molar-refractivity contribution is 8.00. The van der Waals surface area contributed by atoms with Crippen LogP contribution in [0.4, 0.5) is 0 Å². The topological polar surface area (TPSA) is 46.3 Å². The van der Waals surface area contributed by atoms with E-state index in [0.29, 0.717) is 21.1 Å². The Labute approximate surface area is 123 Å². The molecule has 2 N–H and O–H groups in total. The lowest BCUT2D eigenvalue weighted by molar-refractivity contribution is 0.0753. The van der Waals surface area contributed by atoms with E-state index in [1.807, 2.05) is 16.7 Å². The fourth-order valence-electron chi connectivity index (χ4n) is 2.30. The summed E-state index contributed by atoms with van der Waals surface area (Å²) in [5, 5.41) is 0.979. The summed E-state index contributed by atoms with van der Waals surface area (Å²) in [5.41, 5.74) is 7.05. The average Bonchev–Trinajstić information content (AvgIpc) is 2.37. The monoisotopic (exact) mass is 294 g/mol. The molecule has 0 aromatic heterocycles. The number of carbonyl (C=O) groups excluding carboxylic acids is 1. The van der Waals surface area contributed by atoms with Gasteiger partial charge in [0.25, 0.3) is 5.91 Å². The van der Waals surface area contributed by atoms with Crippen LogP contribution in [0, 0.1) is 0 Å². The van der Waals surface area contributed by atoms with Gasteiger partial charge >= 0.3 is 0 Å². The molecule has 0 aliphatic carbocycles. The normalized spacial score (nSPS) is 23.2. The molecule has 0 radical (unpaired) electrons. The number of thioether (sulfide) groups is 1. The minimum Gasteiger partial charge on any atom is -0.389 e. The Bertz CT molecular complexity index is 477. The third-order valence-corrected chi connectivity index (χ3v) is 4.59. The van der Waals surface area contributed by atoms with Crippen molar-refractivity contribution >= 4 is 34.9 Å². The van der Waals surface area contributed by atoms with Gasteiger partial charge in [-0.05, 0) is 12.1 Å². The molecule has 1 aliphatic rings. The lowest BCUT2D eigenvalue weighted by atomic mass is 10.1. The first kappa shape index (κ1) is 14.3. The molecule has 102 valence electrons. The van der Waals surface area contributed by atoms with Gasteiger partial charge in [-0.15, -0.1) is 0 Å². The smallest absolute Gasteiger partial charge is 0.253 e. The van der Waals surface area contributed by atoms with Crippen molar-refractivity contribution < 1.29 is 4.79 Å². The molecule has 1 saturated heterocycles. The largest absolute Gasteiger partial charge is 0.389 e. The SMILES string of the molecule is CC1CN(C(=O)c2ccc(C(N)=S)cc2)CC(C)S1. The van der Waals surface area contributed by atoms with Crippen molar-refractivity contribution in [3.05, 3.63) is 35.4 Å². The Kier molecular flexibility index (Phi) is 4.47. The predicted octanol–water partition coefficient (Wildman–Crippen LogP) is 2.29. The van der Waals surface area contributed by atoms with Crippen molar-refractivity contribution in [1.82, 2.24) is 4.90 Å². The number of rotatable bonds is 2. The second-order valence-electron chi connectivity index (χ2n) is 4.91. The fraction of sp³-hybridized carbons (Fsp3) is 0.429. The summed E-state index contributed by atoms with van der Waals surface area (Å²) in [6.07, 6.45) is 0. The number of nitrogens with zero attached hydrogens (tertiary/aromatic N) is 1. The van der Waals surface area contributed by atoms with Gasteiger partial charge in [0.15, 0.2) is 0 Å². The maximum absolute atomic E-state index is 12.4. The highest BCUT2D eigenvalue weighted by Gasteiger charge is 2.26. The molecular formula is C14H18N2OS2. The lowest BCUT2D eigenvalue weighted by Gasteiger charge is -2.34.